The highest BCUT2D eigenvalue weighted by Gasteiger charge is 2.54. The molecular weight excluding hydrogens is 267 g/mol. The maximum Gasteiger partial charge on any atom is 0.311 e. The van der Waals surface area contributed by atoms with E-state index in [9.17, 15) is 14.4 Å². The Morgan fingerprint density at radius 3 is 2.90 bits per heavy atom. The largest absolute Gasteiger partial charge is 0.721 e. The number of esters is 1. The third-order valence-corrected chi connectivity index (χ3v) is 5.20. The second-order valence-corrected chi connectivity index (χ2v) is 6.54. The van der Waals surface area contributed by atoms with Gasteiger partial charge in [0.2, 0.25) is 6.29 Å². The van der Waals surface area contributed by atoms with E-state index in [0.717, 1.165) is 0 Å². The molecule has 5 nitrogen and oxygen atoms in total. The second-order valence-electron chi connectivity index (χ2n) is 6.54. The van der Waals surface area contributed by atoms with Crippen LogP contribution in [0.4, 0.5) is 4.39 Å². The monoisotopic (exact) mass is 287 g/mol. The third-order valence-electron chi connectivity index (χ3n) is 5.20. The van der Waals surface area contributed by atoms with Crippen LogP contribution in [0.2, 0.25) is 0 Å². The zero-order valence-corrected chi connectivity index (χ0v) is 11.7. The van der Waals surface area contributed by atoms with Gasteiger partial charge >= 0.3 is 5.97 Å². The molecule has 0 N–H and O–H groups in total. The molecule has 0 aromatic carbocycles. The Bertz CT molecular complexity index is 403. The fraction of sp³-hybridized carbons (Fsp3) is 0.929. The number of carbonyl (C=O) groups excluding carboxylic acids is 1. The zero-order valence-electron chi connectivity index (χ0n) is 11.7. The van der Waals surface area contributed by atoms with Crippen LogP contribution in [0.3, 0.4) is 0 Å². The average molecular weight is 287 g/mol. The highest BCUT2D eigenvalue weighted by Crippen LogP contribution is 2.51. The Morgan fingerprint density at radius 1 is 1.45 bits per heavy atom. The maximum atomic E-state index is 14.0. The van der Waals surface area contributed by atoms with Crippen molar-refractivity contribution in [1.29, 1.82) is 0 Å². The van der Waals surface area contributed by atoms with Crippen LogP contribution < -0.4 is 5.26 Å². The van der Waals surface area contributed by atoms with Crippen LogP contribution >= 0.6 is 0 Å². The molecular formula is C14H20FO5-. The minimum Gasteiger partial charge on any atom is -0.721 e. The molecule has 7 atom stereocenters. The number of rotatable bonds is 1. The lowest BCUT2D eigenvalue weighted by atomic mass is 9.64. The number of ether oxygens (including phenoxy) is 2. The lowest BCUT2D eigenvalue weighted by molar-refractivity contribution is -0.739. The van der Waals surface area contributed by atoms with Crippen LogP contribution in [-0.4, -0.2) is 24.2 Å². The molecule has 2 saturated heterocycles. The Hall–Kier alpha value is -0.720. The predicted molar refractivity (Wildman–Crippen MR) is 63.5 cm³/mol. The summed E-state index contributed by atoms with van der Waals surface area (Å²) in [5.74, 6) is -2.05. The Morgan fingerprint density at radius 2 is 2.20 bits per heavy atom. The molecule has 20 heavy (non-hydrogen) atoms. The van der Waals surface area contributed by atoms with Crippen LogP contribution in [-0.2, 0) is 19.2 Å². The summed E-state index contributed by atoms with van der Waals surface area (Å²) in [5, 5.41) is 10.9. The molecule has 3 fully saturated rings. The van der Waals surface area contributed by atoms with Crippen LogP contribution in [0.5, 0.6) is 0 Å². The standard InChI is InChI=1S/C14H21FO5/c1-7-10-6-9(15)5-8-3-4-14(2,20-17)19-13(11(8)10)18-12(7)16/h7-11,13,17H,3-6H2,1-2H3/p-1/t7-,8?,9+,10+,11?,13-,14-/m1/s1. The van der Waals surface area contributed by atoms with Crippen molar-refractivity contribution in [2.75, 3.05) is 0 Å². The first-order valence-electron chi connectivity index (χ1n) is 7.27. The number of alkyl halides is 1. The van der Waals surface area contributed by atoms with E-state index in [1.165, 1.54) is 0 Å². The van der Waals surface area contributed by atoms with Crippen molar-refractivity contribution in [1.82, 2.24) is 0 Å². The molecule has 2 heterocycles. The van der Waals surface area contributed by atoms with Gasteiger partial charge in [-0.25, -0.2) is 4.39 Å². The van der Waals surface area contributed by atoms with Gasteiger partial charge in [0.25, 0.3) is 0 Å². The molecule has 2 unspecified atom stereocenters. The average Bonchev–Trinajstić information content (AvgIpc) is 2.54. The van der Waals surface area contributed by atoms with Gasteiger partial charge in [0, 0.05) is 12.3 Å². The summed E-state index contributed by atoms with van der Waals surface area (Å²) in [6, 6.07) is 0. The summed E-state index contributed by atoms with van der Waals surface area (Å²) in [5.41, 5.74) is 0. The number of carbonyl (C=O) groups is 1. The quantitative estimate of drug-likeness (QED) is 0.413. The van der Waals surface area contributed by atoms with Crippen LogP contribution in [0, 0.1) is 23.7 Å². The van der Waals surface area contributed by atoms with E-state index in [1.54, 1.807) is 13.8 Å². The van der Waals surface area contributed by atoms with E-state index in [1.807, 2.05) is 0 Å². The number of hydrogen-bond acceptors (Lipinski definition) is 5. The summed E-state index contributed by atoms with van der Waals surface area (Å²) in [7, 11) is 0. The molecule has 6 heteroatoms. The van der Waals surface area contributed by atoms with E-state index in [4.69, 9.17) is 9.47 Å². The van der Waals surface area contributed by atoms with Crippen molar-refractivity contribution in [3.8, 4) is 0 Å². The summed E-state index contributed by atoms with van der Waals surface area (Å²) in [6.45, 7) is 3.33. The van der Waals surface area contributed by atoms with E-state index in [-0.39, 0.29) is 29.6 Å². The summed E-state index contributed by atoms with van der Waals surface area (Å²) >= 11 is 0. The van der Waals surface area contributed by atoms with E-state index < -0.39 is 18.2 Å². The predicted octanol–water partition coefficient (Wildman–Crippen LogP) is 1.30. The van der Waals surface area contributed by atoms with Gasteiger partial charge in [0.1, 0.15) is 6.17 Å². The normalized spacial score (nSPS) is 51.9. The molecule has 0 aromatic heterocycles. The summed E-state index contributed by atoms with van der Waals surface area (Å²) in [4.78, 5) is 16.1. The van der Waals surface area contributed by atoms with Gasteiger partial charge in [-0.15, -0.1) is 0 Å². The van der Waals surface area contributed by atoms with Crippen molar-refractivity contribution in [3.05, 3.63) is 0 Å². The van der Waals surface area contributed by atoms with Gasteiger partial charge in [-0.1, -0.05) is 6.92 Å². The SMILES string of the molecule is C[C@H]1C(=O)O[C@@H]2O[C@](C)(O[O-])CCC3C[C@H](F)C[C@@H]1C32. The molecule has 1 aliphatic carbocycles. The van der Waals surface area contributed by atoms with Crippen molar-refractivity contribution in [3.63, 3.8) is 0 Å². The molecule has 114 valence electrons. The van der Waals surface area contributed by atoms with Crippen LogP contribution in [0.15, 0.2) is 0 Å². The van der Waals surface area contributed by atoms with E-state index in [0.29, 0.717) is 25.7 Å². The van der Waals surface area contributed by atoms with Crippen LogP contribution in [0.25, 0.3) is 0 Å². The van der Waals surface area contributed by atoms with Gasteiger partial charge in [-0.2, -0.15) is 0 Å². The van der Waals surface area contributed by atoms with Crippen LogP contribution in [0.1, 0.15) is 39.5 Å². The molecule has 0 aromatic rings. The van der Waals surface area contributed by atoms with Crippen molar-refractivity contribution in [2.45, 2.75) is 57.8 Å². The van der Waals surface area contributed by atoms with Gasteiger partial charge in [-0.05, 0) is 38.0 Å². The number of hydrogen-bond donors (Lipinski definition) is 0. The lowest BCUT2D eigenvalue weighted by Gasteiger charge is -2.47. The zero-order chi connectivity index (χ0) is 14.5. The van der Waals surface area contributed by atoms with Crippen molar-refractivity contribution < 1.29 is 28.8 Å². The molecule has 1 saturated carbocycles. The summed E-state index contributed by atoms with van der Waals surface area (Å²) in [6.07, 6.45) is 0.169. The second kappa shape index (κ2) is 4.93. The van der Waals surface area contributed by atoms with Gasteiger partial charge < -0.3 is 19.6 Å². The van der Waals surface area contributed by atoms with Gasteiger partial charge in [0.05, 0.1) is 5.92 Å². The first kappa shape index (κ1) is 14.2. The van der Waals surface area contributed by atoms with E-state index >= 15 is 0 Å². The minimum absolute atomic E-state index is 0.0355. The first-order chi connectivity index (χ1) is 9.43. The Balaban J connectivity index is 1.92. The molecule has 0 amide bonds. The smallest absolute Gasteiger partial charge is 0.311 e. The first-order valence-corrected chi connectivity index (χ1v) is 7.27. The fourth-order valence-electron chi connectivity index (χ4n) is 4.05. The molecule has 3 rings (SSSR count). The van der Waals surface area contributed by atoms with Crippen molar-refractivity contribution in [2.24, 2.45) is 23.7 Å². The van der Waals surface area contributed by atoms with E-state index in [2.05, 4.69) is 4.89 Å². The topological polar surface area (TPSA) is 67.8 Å². The lowest BCUT2D eigenvalue weighted by Crippen LogP contribution is -2.53. The summed E-state index contributed by atoms with van der Waals surface area (Å²) < 4.78 is 25.0. The highest BCUT2D eigenvalue weighted by molar-refractivity contribution is 5.73. The fourth-order valence-corrected chi connectivity index (χ4v) is 4.05. The Kier molecular flexibility index (Phi) is 3.51. The Labute approximate surface area is 117 Å². The third kappa shape index (κ3) is 2.23. The number of halogens is 1. The molecule has 2 aliphatic heterocycles. The van der Waals surface area contributed by atoms with Crippen molar-refractivity contribution >= 4 is 5.97 Å². The highest BCUT2D eigenvalue weighted by atomic mass is 19.1. The maximum absolute atomic E-state index is 14.0. The van der Waals surface area contributed by atoms with Gasteiger partial charge in [-0.3, -0.25) is 4.79 Å². The molecule has 0 spiro atoms. The molecule has 0 bridgehead atoms. The minimum atomic E-state index is -1.31. The molecule has 3 aliphatic rings. The molecule has 0 radical (unpaired) electrons. The van der Waals surface area contributed by atoms with Gasteiger partial charge in [0.15, 0.2) is 5.79 Å².